The van der Waals surface area contributed by atoms with Crippen LogP contribution in [0.25, 0.3) is 0 Å². The molecule has 0 spiro atoms. The lowest BCUT2D eigenvalue weighted by molar-refractivity contribution is 0.190. The van der Waals surface area contributed by atoms with Crippen LogP contribution < -0.4 is 0 Å². The highest BCUT2D eigenvalue weighted by Gasteiger charge is 2.30. The van der Waals surface area contributed by atoms with Crippen molar-refractivity contribution < 1.29 is 0 Å². The Bertz CT molecular complexity index is 130. The maximum atomic E-state index is 2.33. The first kappa shape index (κ1) is 37.3. The third-order valence-electron chi connectivity index (χ3n) is 2.96. The van der Waals surface area contributed by atoms with Gasteiger partial charge in [-0.05, 0) is 36.5 Å². The van der Waals surface area contributed by atoms with Crippen LogP contribution in [0.4, 0.5) is 0 Å². The van der Waals surface area contributed by atoms with Gasteiger partial charge >= 0.3 is 0 Å². The first-order valence-corrected chi connectivity index (χ1v) is 8.33. The minimum Gasteiger partial charge on any atom is -0.0776 e. The third-order valence-corrected chi connectivity index (χ3v) is 2.96. The van der Waals surface area contributed by atoms with E-state index in [4.69, 9.17) is 0 Å². The molecule has 2 aliphatic carbocycles. The van der Waals surface area contributed by atoms with Crippen molar-refractivity contribution in [1.29, 1.82) is 0 Å². The molecule has 0 aromatic rings. The van der Waals surface area contributed by atoms with Crippen molar-refractivity contribution in [2.24, 2.45) is 10.8 Å². The number of hydrogen-bond donors (Lipinski definition) is 0. The molecule has 2 aliphatic rings. The Morgan fingerprint density at radius 2 is 0.667 bits per heavy atom. The van der Waals surface area contributed by atoms with Crippen LogP contribution in [0.3, 0.4) is 0 Å². The molecule has 0 unspecified atom stereocenters. The molecule has 0 amide bonds. The van der Waals surface area contributed by atoms with Crippen LogP contribution in [0, 0.1) is 10.8 Å². The Morgan fingerprint density at radius 1 is 0.571 bits per heavy atom. The van der Waals surface area contributed by atoms with E-state index in [-0.39, 0.29) is 22.3 Å². The predicted molar refractivity (Wildman–Crippen MR) is 110 cm³/mol. The highest BCUT2D eigenvalue weighted by Crippen LogP contribution is 2.43. The van der Waals surface area contributed by atoms with E-state index in [2.05, 4.69) is 41.5 Å². The van der Waals surface area contributed by atoms with Crippen LogP contribution in [0.2, 0.25) is 0 Å². The highest BCUT2D eigenvalue weighted by molar-refractivity contribution is 4.82. The summed E-state index contributed by atoms with van der Waals surface area (Å²) in [6.45, 7) is 21.5. The summed E-state index contributed by atoms with van der Waals surface area (Å²) in [7, 11) is 0. The molecule has 0 heterocycles. The van der Waals surface area contributed by atoms with Crippen molar-refractivity contribution in [3.8, 4) is 0 Å². The topological polar surface area (TPSA) is 0 Å². The van der Waals surface area contributed by atoms with Gasteiger partial charge in [-0.3, -0.25) is 0 Å². The van der Waals surface area contributed by atoms with Gasteiger partial charge in [0.2, 0.25) is 0 Å². The van der Waals surface area contributed by atoms with Crippen molar-refractivity contribution in [3.63, 3.8) is 0 Å². The van der Waals surface area contributed by atoms with Gasteiger partial charge < -0.3 is 0 Å². The zero-order valence-electron chi connectivity index (χ0n) is 15.2. The Kier molecular flexibility index (Phi) is 39.6. The average Bonchev–Trinajstić information content (AvgIpc) is 3.00. The van der Waals surface area contributed by atoms with Gasteiger partial charge in [-0.25, -0.2) is 0 Å². The zero-order valence-corrected chi connectivity index (χ0v) is 15.2. The summed E-state index contributed by atoms with van der Waals surface area (Å²) in [6.07, 6.45) is 8.52. The van der Waals surface area contributed by atoms with Crippen LogP contribution in [0.1, 0.15) is 130 Å². The molecule has 0 aliphatic heterocycles. The molecule has 0 saturated heterocycles. The minimum atomic E-state index is 0. The summed E-state index contributed by atoms with van der Waals surface area (Å²) in [5, 5.41) is 0. The van der Waals surface area contributed by atoms with E-state index in [0.29, 0.717) is 0 Å². The number of rotatable bonds is 0. The summed E-state index contributed by atoms with van der Waals surface area (Å²) < 4.78 is 0. The van der Waals surface area contributed by atoms with Gasteiger partial charge in [0.05, 0.1) is 0 Å². The van der Waals surface area contributed by atoms with Crippen LogP contribution in [0.15, 0.2) is 0 Å². The third kappa shape index (κ3) is 38.3. The number of hydrogen-bond acceptors (Lipinski definition) is 0. The largest absolute Gasteiger partial charge is 0.0776 e. The Balaban J connectivity index is -0.0000000348. The molecule has 0 heteroatoms. The molecule has 0 N–H and O–H groups in total. The summed E-state index contributed by atoms with van der Waals surface area (Å²) in [4.78, 5) is 0. The van der Waals surface area contributed by atoms with E-state index < -0.39 is 0 Å². The maximum absolute atomic E-state index is 2.33. The monoisotopic (exact) mass is 306 g/mol. The molecule has 0 radical (unpaired) electrons. The lowest BCUT2D eigenvalue weighted by Crippen LogP contribution is -2.20. The lowest BCUT2D eigenvalue weighted by Gasteiger charge is -2.33. The molecule has 138 valence electrons. The van der Waals surface area contributed by atoms with E-state index in [1.54, 1.807) is 0 Å². The van der Waals surface area contributed by atoms with E-state index in [9.17, 15) is 0 Å². The SMILES string of the molecule is C.C.C.CC.CC.CC1(C)CC1.CC1(C)CCC1.CCC. The van der Waals surface area contributed by atoms with Crippen molar-refractivity contribution in [2.45, 2.75) is 130 Å². The van der Waals surface area contributed by atoms with Crippen LogP contribution in [-0.4, -0.2) is 0 Å². The first-order valence-electron chi connectivity index (χ1n) is 8.33. The smallest absolute Gasteiger partial charge is 0.0354 e. The van der Waals surface area contributed by atoms with Crippen LogP contribution in [0.5, 0.6) is 0 Å². The molecule has 21 heavy (non-hydrogen) atoms. The van der Waals surface area contributed by atoms with E-state index in [0.717, 1.165) is 10.8 Å². The lowest BCUT2D eigenvalue weighted by atomic mass is 9.72. The van der Waals surface area contributed by atoms with Crippen LogP contribution >= 0.6 is 0 Å². The summed E-state index contributed by atoms with van der Waals surface area (Å²) in [5.74, 6) is 0. The van der Waals surface area contributed by atoms with E-state index in [1.165, 1.54) is 38.5 Å². The fraction of sp³-hybridized carbons (Fsp3) is 1.00. The fourth-order valence-corrected chi connectivity index (χ4v) is 1.13. The summed E-state index contributed by atoms with van der Waals surface area (Å²) in [5.41, 5.74) is 1.47. The predicted octanol–water partition coefficient (Wildman–Crippen LogP) is 9.38. The van der Waals surface area contributed by atoms with Gasteiger partial charge in [-0.1, -0.05) is 104 Å². The Labute approximate surface area is 141 Å². The summed E-state index contributed by atoms with van der Waals surface area (Å²) >= 11 is 0. The standard InChI is InChI=1S/C6H12.C5H10.C3H8.2C2H6.3CH4/c1-6(2)4-3-5-6;1-5(2)3-4-5;1-3-2;2*1-2;;;/h3-5H2,1-2H3;3-4H2,1-2H3;3H2,1-2H3;2*1-2H3;3*1H4. The molecule has 0 aromatic carbocycles. The van der Waals surface area contributed by atoms with Gasteiger partial charge in [-0.15, -0.1) is 0 Å². The van der Waals surface area contributed by atoms with Crippen molar-refractivity contribution >= 4 is 0 Å². The molecule has 2 saturated carbocycles. The maximum Gasteiger partial charge on any atom is -0.0354 e. The second kappa shape index (κ2) is 22.3. The molecule has 0 nitrogen and oxygen atoms in total. The van der Waals surface area contributed by atoms with Gasteiger partial charge in [0.25, 0.3) is 0 Å². The fourth-order valence-electron chi connectivity index (χ4n) is 1.13. The Hall–Kier alpha value is 0. The highest BCUT2D eigenvalue weighted by atomic mass is 14.4. The van der Waals surface area contributed by atoms with Gasteiger partial charge in [-0.2, -0.15) is 0 Å². The van der Waals surface area contributed by atoms with Crippen LogP contribution in [-0.2, 0) is 0 Å². The molecular formula is C21H54. The average molecular weight is 307 g/mol. The van der Waals surface area contributed by atoms with Gasteiger partial charge in [0, 0.05) is 0 Å². The molecule has 2 rings (SSSR count). The zero-order chi connectivity index (χ0) is 15.2. The van der Waals surface area contributed by atoms with Crippen molar-refractivity contribution in [1.82, 2.24) is 0 Å². The van der Waals surface area contributed by atoms with Crippen molar-refractivity contribution in [3.05, 3.63) is 0 Å². The normalized spacial score (nSPS) is 16.9. The van der Waals surface area contributed by atoms with Crippen molar-refractivity contribution in [2.75, 3.05) is 0 Å². The second-order valence-corrected chi connectivity index (χ2v) is 6.39. The van der Waals surface area contributed by atoms with E-state index >= 15 is 0 Å². The van der Waals surface area contributed by atoms with Gasteiger partial charge in [0.1, 0.15) is 0 Å². The second-order valence-electron chi connectivity index (χ2n) is 6.39. The quantitative estimate of drug-likeness (QED) is 0.418. The summed E-state index contributed by atoms with van der Waals surface area (Å²) in [6, 6.07) is 0. The molecular weight excluding hydrogens is 252 g/mol. The molecule has 0 bridgehead atoms. The van der Waals surface area contributed by atoms with Gasteiger partial charge in [0.15, 0.2) is 0 Å². The first-order chi connectivity index (χ1) is 8.33. The minimum absolute atomic E-state index is 0. The Morgan fingerprint density at radius 3 is 0.667 bits per heavy atom. The molecule has 0 aromatic heterocycles. The molecule has 0 atom stereocenters. The molecule has 2 fully saturated rings. The van der Waals surface area contributed by atoms with E-state index in [1.807, 2.05) is 27.7 Å².